The van der Waals surface area contributed by atoms with Crippen LogP contribution in [0.2, 0.25) is 0 Å². The molecule has 7 heteroatoms. The topological polar surface area (TPSA) is 46.5 Å². The fraction of sp³-hybridized carbons (Fsp3) is 0.174. The molecule has 0 atom stereocenters. The Morgan fingerprint density at radius 2 is 1.23 bits per heavy atom. The number of carbonyl (C=O) groups excluding carboxylic acids is 1. The third-order valence-corrected chi connectivity index (χ3v) is 4.87. The van der Waals surface area contributed by atoms with Crippen LogP contribution in [0.5, 0.6) is 11.5 Å². The van der Waals surface area contributed by atoms with Crippen LogP contribution in [0.3, 0.4) is 0 Å². The van der Waals surface area contributed by atoms with E-state index in [9.17, 15) is 9.90 Å². The van der Waals surface area contributed by atoms with Gasteiger partial charge in [-0.1, -0.05) is 30.3 Å². The third-order valence-electron chi connectivity index (χ3n) is 4.87. The molecule has 3 aromatic carbocycles. The summed E-state index contributed by atoms with van der Waals surface area (Å²) in [6, 6.07) is 16.2. The SMILES string of the molecule is Cc1ccc(O)c(-c2c(OC(=O)c3ccccc3)ccc(C)c2C)c1C.[Cl-].[Cl-].[Cl-].[Ti+3]. The fourth-order valence-electron chi connectivity index (χ4n) is 3.04. The van der Waals surface area contributed by atoms with Crippen LogP contribution < -0.4 is 42.0 Å². The molecule has 0 unspecified atom stereocenters. The van der Waals surface area contributed by atoms with Crippen LogP contribution >= 0.6 is 0 Å². The van der Waals surface area contributed by atoms with E-state index in [-0.39, 0.29) is 64.7 Å². The first-order valence-corrected chi connectivity index (χ1v) is 8.57. The number of rotatable bonds is 3. The van der Waals surface area contributed by atoms with E-state index in [4.69, 9.17) is 4.74 Å². The second kappa shape index (κ2) is 13.0. The third kappa shape index (κ3) is 6.26. The molecular formula is C23H22Cl3O3Ti. The molecule has 3 rings (SSSR count). The molecule has 1 radical (unpaired) electrons. The predicted octanol–water partition coefficient (Wildman–Crippen LogP) is -3.48. The zero-order chi connectivity index (χ0) is 18.8. The Labute approximate surface area is 211 Å². The van der Waals surface area contributed by atoms with Gasteiger partial charge in [0.1, 0.15) is 11.5 Å². The van der Waals surface area contributed by atoms with Crippen molar-refractivity contribution in [1.29, 1.82) is 0 Å². The van der Waals surface area contributed by atoms with Gasteiger partial charge in [0.15, 0.2) is 0 Å². The quantitative estimate of drug-likeness (QED) is 0.231. The van der Waals surface area contributed by atoms with Crippen LogP contribution in [0.15, 0.2) is 54.6 Å². The molecule has 0 aliphatic carbocycles. The van der Waals surface area contributed by atoms with E-state index < -0.39 is 5.97 Å². The Balaban J connectivity index is 0. The van der Waals surface area contributed by atoms with Crippen LogP contribution in [0.1, 0.15) is 32.6 Å². The summed E-state index contributed by atoms with van der Waals surface area (Å²) in [5.41, 5.74) is 6.04. The molecule has 3 aromatic rings. The second-order valence-corrected chi connectivity index (χ2v) is 6.54. The molecule has 30 heavy (non-hydrogen) atoms. The molecule has 0 aromatic heterocycles. The van der Waals surface area contributed by atoms with Crippen molar-refractivity contribution >= 4 is 5.97 Å². The number of carbonyl (C=O) groups is 1. The maximum absolute atomic E-state index is 12.5. The van der Waals surface area contributed by atoms with Gasteiger partial charge in [-0.25, -0.2) is 4.79 Å². The van der Waals surface area contributed by atoms with Gasteiger partial charge in [0, 0.05) is 11.1 Å². The monoisotopic (exact) mass is 499 g/mol. The van der Waals surface area contributed by atoms with Crippen LogP contribution in [-0.2, 0) is 21.7 Å². The van der Waals surface area contributed by atoms with Crippen LogP contribution in [0.25, 0.3) is 11.1 Å². The van der Waals surface area contributed by atoms with Gasteiger partial charge in [0.05, 0.1) is 5.56 Å². The Hall–Kier alpha value is -1.49. The van der Waals surface area contributed by atoms with Crippen molar-refractivity contribution in [2.24, 2.45) is 0 Å². The summed E-state index contributed by atoms with van der Waals surface area (Å²) >= 11 is 0. The van der Waals surface area contributed by atoms with Crippen molar-refractivity contribution in [2.75, 3.05) is 0 Å². The Morgan fingerprint density at radius 1 is 0.733 bits per heavy atom. The molecule has 3 nitrogen and oxygen atoms in total. The molecule has 0 saturated heterocycles. The number of phenolic OH excluding ortho intramolecular Hbond substituents is 1. The van der Waals surface area contributed by atoms with Crippen molar-refractivity contribution in [3.05, 3.63) is 82.4 Å². The molecule has 157 valence electrons. The first-order valence-electron chi connectivity index (χ1n) is 8.57. The van der Waals surface area contributed by atoms with Crippen molar-refractivity contribution < 1.29 is 73.6 Å². The van der Waals surface area contributed by atoms with Crippen molar-refractivity contribution in [2.45, 2.75) is 27.7 Å². The average Bonchev–Trinajstić information content (AvgIpc) is 2.64. The Morgan fingerprint density at radius 3 is 1.80 bits per heavy atom. The minimum atomic E-state index is -0.417. The minimum absolute atomic E-state index is 0. The summed E-state index contributed by atoms with van der Waals surface area (Å²) in [5, 5.41) is 10.5. The standard InChI is InChI=1S/C23H22O3.3ClH.Ti/c1-14-10-12-19(24)21(16(14)3)22-17(4)15(2)11-13-20(22)26-23(25)18-8-6-5-7-9-18;;;;/h5-13,24H,1-4H3;3*1H;/q;;;;+3/p-3. The maximum atomic E-state index is 12.5. The summed E-state index contributed by atoms with van der Waals surface area (Å²) in [6.45, 7) is 7.95. The van der Waals surface area contributed by atoms with Crippen LogP contribution in [0.4, 0.5) is 0 Å². The van der Waals surface area contributed by atoms with Gasteiger partial charge in [-0.15, -0.1) is 0 Å². The first kappa shape index (κ1) is 30.7. The maximum Gasteiger partial charge on any atom is 3.00 e. The number of esters is 1. The van der Waals surface area contributed by atoms with E-state index in [1.807, 2.05) is 45.9 Å². The van der Waals surface area contributed by atoms with Gasteiger partial charge in [0.2, 0.25) is 0 Å². The van der Waals surface area contributed by atoms with Gasteiger partial charge >= 0.3 is 27.7 Å². The van der Waals surface area contributed by atoms with Crippen molar-refractivity contribution in [3.63, 3.8) is 0 Å². The summed E-state index contributed by atoms with van der Waals surface area (Å²) in [7, 11) is 0. The second-order valence-electron chi connectivity index (χ2n) is 6.54. The summed E-state index contributed by atoms with van der Waals surface area (Å²) in [5.74, 6) is 0.213. The number of aromatic hydroxyl groups is 1. The summed E-state index contributed by atoms with van der Waals surface area (Å²) in [6.07, 6.45) is 0. The predicted molar refractivity (Wildman–Crippen MR) is 104 cm³/mol. The van der Waals surface area contributed by atoms with Gasteiger partial charge in [0.25, 0.3) is 0 Å². The number of benzene rings is 3. The van der Waals surface area contributed by atoms with Crippen LogP contribution in [0, 0.1) is 27.7 Å². The molecule has 0 spiro atoms. The van der Waals surface area contributed by atoms with Crippen molar-refractivity contribution in [1.82, 2.24) is 0 Å². The van der Waals surface area contributed by atoms with E-state index in [2.05, 4.69) is 0 Å². The molecule has 0 bridgehead atoms. The van der Waals surface area contributed by atoms with E-state index in [1.54, 1.807) is 36.4 Å². The number of ether oxygens (including phenoxy) is 1. The number of hydrogen-bond acceptors (Lipinski definition) is 3. The molecule has 0 saturated carbocycles. The number of halogens is 3. The average molecular weight is 501 g/mol. The normalized spacial score (nSPS) is 9.20. The number of aryl methyl sites for hydroxylation is 2. The van der Waals surface area contributed by atoms with Gasteiger partial charge in [-0.2, -0.15) is 0 Å². The summed E-state index contributed by atoms with van der Waals surface area (Å²) in [4.78, 5) is 12.5. The smallest absolute Gasteiger partial charge is 1.00 e. The Bertz CT molecular complexity index is 993. The molecule has 1 N–H and O–H groups in total. The number of phenols is 1. The van der Waals surface area contributed by atoms with E-state index in [0.717, 1.165) is 27.8 Å². The van der Waals surface area contributed by atoms with E-state index in [0.29, 0.717) is 16.9 Å². The van der Waals surface area contributed by atoms with Gasteiger partial charge in [-0.3, -0.25) is 0 Å². The molecule has 0 aliphatic rings. The van der Waals surface area contributed by atoms with Crippen molar-refractivity contribution in [3.8, 4) is 22.6 Å². The first-order chi connectivity index (χ1) is 12.4. The number of hydrogen-bond donors (Lipinski definition) is 1. The summed E-state index contributed by atoms with van der Waals surface area (Å²) < 4.78 is 5.72. The Kier molecular flexibility index (Phi) is 13.3. The largest absolute Gasteiger partial charge is 3.00 e. The van der Waals surface area contributed by atoms with Gasteiger partial charge < -0.3 is 47.1 Å². The van der Waals surface area contributed by atoms with E-state index in [1.165, 1.54) is 0 Å². The van der Waals surface area contributed by atoms with Crippen LogP contribution in [-0.4, -0.2) is 11.1 Å². The molecular weight excluding hydrogens is 478 g/mol. The molecule has 0 aliphatic heterocycles. The zero-order valence-corrected chi connectivity index (χ0v) is 20.9. The molecule has 0 heterocycles. The van der Waals surface area contributed by atoms with E-state index >= 15 is 0 Å². The van der Waals surface area contributed by atoms with Gasteiger partial charge in [-0.05, 0) is 74.2 Å². The minimum Gasteiger partial charge on any atom is -1.00 e. The zero-order valence-electron chi connectivity index (χ0n) is 17.1. The fourth-order valence-corrected chi connectivity index (χ4v) is 3.04. The molecule has 0 amide bonds. The molecule has 0 fully saturated rings.